The predicted octanol–water partition coefficient (Wildman–Crippen LogP) is 3.29. The molecule has 5 rings (SSSR count). The van der Waals surface area contributed by atoms with Crippen molar-refractivity contribution in [2.45, 2.75) is 44.1 Å². The number of esters is 1. The molecule has 0 unspecified atom stereocenters. The van der Waals surface area contributed by atoms with Crippen LogP contribution in [0.4, 0.5) is 5.69 Å². The molecule has 1 saturated heterocycles. The Balaban J connectivity index is 1.23. The van der Waals surface area contributed by atoms with Crippen LogP contribution in [0.25, 0.3) is 0 Å². The van der Waals surface area contributed by atoms with Crippen LogP contribution in [0.2, 0.25) is 0 Å². The van der Waals surface area contributed by atoms with Crippen LogP contribution >= 0.6 is 0 Å². The van der Waals surface area contributed by atoms with Crippen molar-refractivity contribution >= 4 is 23.3 Å². The molecule has 172 valence electrons. The number of fused-ring (bicyclic) bond motifs is 1. The standard InChI is InChI=1S/C25H26N2O6/c1-31-24(29)11-16-10-21(28)20-12-17(4-6-19(16)20)27-9-8-22(25(27)30)33-18-5-7-23(26-13-18)32-14-15-2-3-15/h4-7,12-13,15-16,22H,2-3,8-11,14H2,1H3/t16-,22+/m0/s1. The van der Waals surface area contributed by atoms with Gasteiger partial charge in [0.15, 0.2) is 11.9 Å². The fourth-order valence-electron chi connectivity index (χ4n) is 4.41. The molecule has 8 heteroatoms. The molecule has 0 spiro atoms. The van der Waals surface area contributed by atoms with Crippen molar-refractivity contribution in [3.63, 3.8) is 0 Å². The number of carbonyl (C=O) groups excluding carboxylic acids is 3. The number of Topliss-reactive ketones (excluding diaryl/α,β-unsaturated/α-hetero) is 1. The van der Waals surface area contributed by atoms with Gasteiger partial charge in [0.1, 0.15) is 5.75 Å². The molecule has 3 aliphatic rings. The van der Waals surface area contributed by atoms with E-state index in [1.807, 2.05) is 12.1 Å². The summed E-state index contributed by atoms with van der Waals surface area (Å²) in [5, 5.41) is 0. The molecule has 1 amide bonds. The lowest BCUT2D eigenvalue weighted by Crippen LogP contribution is -2.32. The van der Waals surface area contributed by atoms with E-state index in [9.17, 15) is 14.4 Å². The van der Waals surface area contributed by atoms with Crippen LogP contribution in [-0.4, -0.2) is 49.0 Å². The van der Waals surface area contributed by atoms with Gasteiger partial charge < -0.3 is 19.1 Å². The van der Waals surface area contributed by atoms with Gasteiger partial charge in [0.25, 0.3) is 5.91 Å². The Hall–Kier alpha value is -3.42. The molecule has 2 aliphatic carbocycles. The van der Waals surface area contributed by atoms with Gasteiger partial charge in [-0.1, -0.05) is 6.07 Å². The van der Waals surface area contributed by atoms with E-state index in [0.717, 1.165) is 5.56 Å². The number of hydrogen-bond acceptors (Lipinski definition) is 7. The van der Waals surface area contributed by atoms with Crippen molar-refractivity contribution in [1.29, 1.82) is 0 Å². The first kappa shape index (κ1) is 21.4. The maximum atomic E-state index is 13.0. The maximum absolute atomic E-state index is 13.0. The molecule has 2 fully saturated rings. The summed E-state index contributed by atoms with van der Waals surface area (Å²) < 4.78 is 16.3. The highest BCUT2D eigenvalue weighted by Crippen LogP contribution is 2.38. The van der Waals surface area contributed by atoms with E-state index >= 15 is 0 Å². The van der Waals surface area contributed by atoms with Crippen molar-refractivity contribution < 1.29 is 28.6 Å². The number of benzene rings is 1. The molecule has 1 aliphatic heterocycles. The summed E-state index contributed by atoms with van der Waals surface area (Å²) in [4.78, 5) is 43.1. The summed E-state index contributed by atoms with van der Waals surface area (Å²) >= 11 is 0. The molecule has 0 N–H and O–H groups in total. The topological polar surface area (TPSA) is 95.0 Å². The van der Waals surface area contributed by atoms with Crippen LogP contribution in [0.15, 0.2) is 36.5 Å². The number of rotatable bonds is 8. The minimum atomic E-state index is -0.610. The van der Waals surface area contributed by atoms with Gasteiger partial charge >= 0.3 is 5.97 Å². The van der Waals surface area contributed by atoms with Gasteiger partial charge in [0.2, 0.25) is 5.88 Å². The monoisotopic (exact) mass is 450 g/mol. The fraction of sp³-hybridized carbons (Fsp3) is 0.440. The van der Waals surface area contributed by atoms with Crippen LogP contribution in [0.3, 0.4) is 0 Å². The van der Waals surface area contributed by atoms with Gasteiger partial charge in [-0.05, 0) is 42.5 Å². The molecule has 0 bridgehead atoms. The number of methoxy groups -OCH3 is 1. The van der Waals surface area contributed by atoms with Gasteiger partial charge in [-0.15, -0.1) is 0 Å². The van der Waals surface area contributed by atoms with Crippen molar-refractivity contribution in [3.8, 4) is 11.6 Å². The number of ether oxygens (including phenoxy) is 3. The molecule has 2 heterocycles. The highest BCUT2D eigenvalue weighted by Gasteiger charge is 2.37. The number of hydrogen-bond donors (Lipinski definition) is 0. The molecule has 1 aromatic carbocycles. The minimum absolute atomic E-state index is 0.0183. The summed E-state index contributed by atoms with van der Waals surface area (Å²) in [6, 6.07) is 8.94. The molecule has 0 radical (unpaired) electrons. The van der Waals surface area contributed by atoms with E-state index < -0.39 is 6.10 Å². The van der Waals surface area contributed by atoms with Crippen molar-refractivity contribution in [1.82, 2.24) is 4.98 Å². The lowest BCUT2D eigenvalue weighted by molar-refractivity contribution is -0.141. The van der Waals surface area contributed by atoms with Crippen LogP contribution < -0.4 is 14.4 Å². The molecule has 8 nitrogen and oxygen atoms in total. The molecular formula is C25H26N2O6. The average Bonchev–Trinajstić information content (AvgIpc) is 3.53. The van der Waals surface area contributed by atoms with Gasteiger partial charge in [0.05, 0.1) is 26.3 Å². The quantitative estimate of drug-likeness (QED) is 0.570. The molecule has 1 saturated carbocycles. The van der Waals surface area contributed by atoms with Crippen LogP contribution in [0, 0.1) is 5.92 Å². The molecular weight excluding hydrogens is 424 g/mol. The van der Waals surface area contributed by atoms with E-state index in [-0.39, 0.29) is 36.4 Å². The first-order valence-electron chi connectivity index (χ1n) is 11.3. The highest BCUT2D eigenvalue weighted by molar-refractivity contribution is 6.05. The Morgan fingerprint density at radius 1 is 1.15 bits per heavy atom. The minimum Gasteiger partial charge on any atom is -0.479 e. The van der Waals surface area contributed by atoms with Crippen LogP contribution in [-0.2, 0) is 14.3 Å². The second-order valence-electron chi connectivity index (χ2n) is 8.85. The molecule has 2 aromatic rings. The van der Waals surface area contributed by atoms with Gasteiger partial charge in [-0.25, -0.2) is 4.98 Å². The SMILES string of the molecule is COC(=O)C[C@@H]1CC(=O)c2cc(N3CC[C@@H](Oc4ccc(OCC5CC5)nc4)C3=O)ccc21. The van der Waals surface area contributed by atoms with E-state index in [4.69, 9.17) is 14.2 Å². The number of ketones is 1. The summed E-state index contributed by atoms with van der Waals surface area (Å²) in [7, 11) is 1.34. The van der Waals surface area contributed by atoms with Gasteiger partial charge in [-0.2, -0.15) is 0 Å². The number of carbonyl (C=O) groups is 3. The van der Waals surface area contributed by atoms with Crippen LogP contribution in [0.5, 0.6) is 11.6 Å². The molecule has 1 aromatic heterocycles. The Morgan fingerprint density at radius 2 is 2.00 bits per heavy atom. The molecule has 33 heavy (non-hydrogen) atoms. The van der Waals surface area contributed by atoms with E-state index in [1.165, 1.54) is 20.0 Å². The van der Waals surface area contributed by atoms with Gasteiger partial charge in [-0.3, -0.25) is 14.4 Å². The third-order valence-electron chi connectivity index (χ3n) is 6.47. The average molecular weight is 450 g/mol. The maximum Gasteiger partial charge on any atom is 0.306 e. The highest BCUT2D eigenvalue weighted by atomic mass is 16.5. The van der Waals surface area contributed by atoms with E-state index in [2.05, 4.69) is 4.98 Å². The Labute approximate surface area is 191 Å². The Kier molecular flexibility index (Phi) is 5.74. The normalized spacial score (nSPS) is 21.8. The van der Waals surface area contributed by atoms with E-state index in [1.54, 1.807) is 29.3 Å². The number of aromatic nitrogens is 1. The van der Waals surface area contributed by atoms with Crippen molar-refractivity contribution in [3.05, 3.63) is 47.7 Å². The number of nitrogens with zero attached hydrogens (tertiary/aromatic N) is 2. The number of pyridine rings is 1. The lowest BCUT2D eigenvalue weighted by Gasteiger charge is -2.18. The lowest BCUT2D eigenvalue weighted by atomic mass is 9.97. The first-order chi connectivity index (χ1) is 16.0. The van der Waals surface area contributed by atoms with Gasteiger partial charge in [0, 0.05) is 42.6 Å². The predicted molar refractivity (Wildman–Crippen MR) is 119 cm³/mol. The summed E-state index contributed by atoms with van der Waals surface area (Å²) in [5.74, 6) is 1.04. The smallest absolute Gasteiger partial charge is 0.306 e. The summed E-state index contributed by atoms with van der Waals surface area (Å²) in [5.41, 5.74) is 2.08. The number of amides is 1. The number of anilines is 1. The summed E-state index contributed by atoms with van der Waals surface area (Å²) in [6.45, 7) is 1.19. The molecule has 2 atom stereocenters. The van der Waals surface area contributed by atoms with Crippen molar-refractivity contribution in [2.75, 3.05) is 25.2 Å². The Morgan fingerprint density at radius 3 is 2.73 bits per heavy atom. The third kappa shape index (κ3) is 4.55. The van der Waals surface area contributed by atoms with Crippen LogP contribution in [0.1, 0.15) is 53.9 Å². The first-order valence-corrected chi connectivity index (χ1v) is 11.3. The largest absolute Gasteiger partial charge is 0.479 e. The van der Waals surface area contributed by atoms with E-state index in [0.29, 0.717) is 48.4 Å². The zero-order valence-electron chi connectivity index (χ0n) is 18.5. The second kappa shape index (κ2) is 8.84. The summed E-state index contributed by atoms with van der Waals surface area (Å²) in [6.07, 6.45) is 4.39. The Bertz CT molecular complexity index is 1080. The van der Waals surface area contributed by atoms with Crippen molar-refractivity contribution in [2.24, 2.45) is 5.92 Å². The second-order valence-corrected chi connectivity index (χ2v) is 8.85. The third-order valence-corrected chi connectivity index (χ3v) is 6.47. The zero-order valence-corrected chi connectivity index (χ0v) is 18.5. The fourth-order valence-corrected chi connectivity index (χ4v) is 4.41. The zero-order chi connectivity index (χ0) is 22.9.